The van der Waals surface area contributed by atoms with E-state index in [1.165, 1.54) is 16.2 Å². The van der Waals surface area contributed by atoms with Crippen molar-refractivity contribution in [2.24, 2.45) is 0 Å². The predicted molar refractivity (Wildman–Crippen MR) is 121 cm³/mol. The second kappa shape index (κ2) is 8.40. The highest BCUT2D eigenvalue weighted by Crippen LogP contribution is 2.41. The van der Waals surface area contributed by atoms with E-state index in [1.54, 1.807) is 19.2 Å². The highest BCUT2D eigenvalue weighted by Gasteiger charge is 2.46. The summed E-state index contributed by atoms with van der Waals surface area (Å²) < 4.78 is 5.25. The zero-order chi connectivity index (χ0) is 22.1. The van der Waals surface area contributed by atoms with Gasteiger partial charge in [-0.15, -0.1) is 11.3 Å². The number of ether oxygens (including phenoxy) is 1. The average molecular weight is 434 g/mol. The summed E-state index contributed by atoms with van der Waals surface area (Å²) >= 11 is 1.52. The first-order valence-corrected chi connectivity index (χ1v) is 10.8. The molecule has 0 bridgehead atoms. The number of likely N-dealkylation sites (tertiary alicyclic amines) is 1. The van der Waals surface area contributed by atoms with Gasteiger partial charge in [0, 0.05) is 10.4 Å². The fourth-order valence-corrected chi connectivity index (χ4v) is 4.59. The van der Waals surface area contributed by atoms with Gasteiger partial charge in [-0.05, 0) is 54.6 Å². The quantitative estimate of drug-likeness (QED) is 0.350. The Labute approximate surface area is 185 Å². The van der Waals surface area contributed by atoms with Crippen LogP contribution in [0.3, 0.4) is 0 Å². The van der Waals surface area contributed by atoms with Crippen LogP contribution in [-0.2, 0) is 16.1 Å². The van der Waals surface area contributed by atoms with E-state index in [4.69, 9.17) is 4.74 Å². The van der Waals surface area contributed by atoms with Gasteiger partial charge in [-0.2, -0.15) is 0 Å². The average Bonchev–Trinajstić information content (AvgIpc) is 3.37. The third kappa shape index (κ3) is 3.86. The van der Waals surface area contributed by atoms with Crippen LogP contribution in [0.15, 0.2) is 65.6 Å². The first-order chi connectivity index (χ1) is 14.9. The third-order valence-electron chi connectivity index (χ3n) is 5.53. The molecule has 158 valence electrons. The molecular weight excluding hydrogens is 410 g/mol. The molecule has 1 unspecified atom stereocenters. The standard InChI is InChI=1S/C25H23NO4S/c1-15-6-7-16(2)20(13-15)23(27)21-22(17-8-10-18(30-3)11-9-17)26(25(29)24(21)28)14-19-5-4-12-31-19/h4-13,22,27H,14H2,1-3H3/b23-21+. The Hall–Kier alpha value is -3.38. The molecule has 0 saturated carbocycles. The summed E-state index contributed by atoms with van der Waals surface area (Å²) in [5.74, 6) is -0.751. The summed E-state index contributed by atoms with van der Waals surface area (Å²) in [5.41, 5.74) is 3.21. The van der Waals surface area contributed by atoms with E-state index in [9.17, 15) is 14.7 Å². The van der Waals surface area contributed by atoms with Gasteiger partial charge in [0.25, 0.3) is 11.7 Å². The lowest BCUT2D eigenvalue weighted by molar-refractivity contribution is -0.140. The lowest BCUT2D eigenvalue weighted by Gasteiger charge is -2.25. The van der Waals surface area contributed by atoms with E-state index in [1.807, 2.05) is 61.7 Å². The van der Waals surface area contributed by atoms with Crippen LogP contribution < -0.4 is 4.74 Å². The number of amides is 1. The summed E-state index contributed by atoms with van der Waals surface area (Å²) in [7, 11) is 1.58. The van der Waals surface area contributed by atoms with Crippen LogP contribution in [0.25, 0.3) is 5.76 Å². The maximum atomic E-state index is 13.1. The molecular formula is C25H23NO4S. The summed E-state index contributed by atoms with van der Waals surface area (Å²) in [6.45, 7) is 4.09. The van der Waals surface area contributed by atoms with Crippen molar-refractivity contribution in [2.75, 3.05) is 7.11 Å². The minimum atomic E-state index is -0.687. The van der Waals surface area contributed by atoms with Crippen LogP contribution in [0.2, 0.25) is 0 Å². The number of methoxy groups -OCH3 is 1. The first-order valence-electron chi connectivity index (χ1n) is 9.93. The second-order valence-corrected chi connectivity index (χ2v) is 8.63. The molecule has 1 N–H and O–H groups in total. The van der Waals surface area contributed by atoms with Crippen LogP contribution in [0.4, 0.5) is 0 Å². The lowest BCUT2D eigenvalue weighted by Crippen LogP contribution is -2.28. The Morgan fingerprint density at radius 2 is 1.84 bits per heavy atom. The van der Waals surface area contributed by atoms with Gasteiger partial charge in [0.1, 0.15) is 11.5 Å². The molecule has 2 aromatic carbocycles. The number of hydrogen-bond acceptors (Lipinski definition) is 5. The number of carbonyl (C=O) groups excluding carboxylic acids is 2. The van der Waals surface area contributed by atoms with Gasteiger partial charge in [-0.3, -0.25) is 9.59 Å². The van der Waals surface area contributed by atoms with Gasteiger partial charge in [-0.25, -0.2) is 0 Å². The lowest BCUT2D eigenvalue weighted by atomic mass is 9.93. The molecule has 1 atom stereocenters. The van der Waals surface area contributed by atoms with Crippen molar-refractivity contribution in [3.63, 3.8) is 0 Å². The molecule has 31 heavy (non-hydrogen) atoms. The first kappa shape index (κ1) is 20.9. The number of ketones is 1. The van der Waals surface area contributed by atoms with Crippen molar-refractivity contribution in [2.45, 2.75) is 26.4 Å². The monoisotopic (exact) mass is 433 g/mol. The Bertz CT molecular complexity index is 1160. The molecule has 0 aliphatic carbocycles. The van der Waals surface area contributed by atoms with Crippen LogP contribution in [0.5, 0.6) is 5.75 Å². The molecule has 1 saturated heterocycles. The van der Waals surface area contributed by atoms with E-state index in [2.05, 4.69) is 0 Å². The Morgan fingerprint density at radius 3 is 2.48 bits per heavy atom. The normalized spacial score (nSPS) is 17.9. The number of aliphatic hydroxyl groups excluding tert-OH is 1. The van der Waals surface area contributed by atoms with Gasteiger partial charge in [0.2, 0.25) is 0 Å². The Morgan fingerprint density at radius 1 is 1.10 bits per heavy atom. The summed E-state index contributed by atoms with van der Waals surface area (Å²) in [4.78, 5) is 28.7. The highest BCUT2D eigenvalue weighted by atomic mass is 32.1. The molecule has 6 heteroatoms. The molecule has 1 aliphatic rings. The highest BCUT2D eigenvalue weighted by molar-refractivity contribution is 7.09. The molecule has 1 aromatic heterocycles. The van der Waals surface area contributed by atoms with Crippen molar-refractivity contribution in [1.82, 2.24) is 4.90 Å². The van der Waals surface area contributed by atoms with Crippen LogP contribution in [-0.4, -0.2) is 28.8 Å². The largest absolute Gasteiger partial charge is 0.507 e. The fourth-order valence-electron chi connectivity index (χ4n) is 3.88. The number of Topliss-reactive ketones (excluding diaryl/α,β-unsaturated/α-hetero) is 1. The Kier molecular flexibility index (Phi) is 5.65. The van der Waals surface area contributed by atoms with E-state index < -0.39 is 17.7 Å². The molecule has 0 radical (unpaired) electrons. The number of aliphatic hydroxyl groups is 1. The van der Waals surface area contributed by atoms with Crippen LogP contribution in [0, 0.1) is 13.8 Å². The number of benzene rings is 2. The van der Waals surface area contributed by atoms with Gasteiger partial charge in [0.15, 0.2) is 0 Å². The number of aryl methyl sites for hydroxylation is 2. The molecule has 5 nitrogen and oxygen atoms in total. The summed E-state index contributed by atoms with van der Waals surface area (Å²) in [5, 5.41) is 13.2. The van der Waals surface area contributed by atoms with Crippen molar-refractivity contribution >= 4 is 28.8 Å². The minimum absolute atomic E-state index is 0.112. The molecule has 1 amide bonds. The molecule has 0 spiro atoms. The summed E-state index contributed by atoms with van der Waals surface area (Å²) in [6, 6.07) is 16.1. The number of carbonyl (C=O) groups is 2. The van der Waals surface area contributed by atoms with Gasteiger partial charge in [-0.1, -0.05) is 35.9 Å². The van der Waals surface area contributed by atoms with E-state index in [-0.39, 0.29) is 11.3 Å². The zero-order valence-electron chi connectivity index (χ0n) is 17.6. The molecule has 1 aliphatic heterocycles. The van der Waals surface area contributed by atoms with Crippen molar-refractivity contribution in [1.29, 1.82) is 0 Å². The number of nitrogens with zero attached hydrogens (tertiary/aromatic N) is 1. The topological polar surface area (TPSA) is 66.8 Å². The maximum Gasteiger partial charge on any atom is 0.295 e. The van der Waals surface area contributed by atoms with Crippen molar-refractivity contribution in [3.8, 4) is 5.75 Å². The van der Waals surface area contributed by atoms with Crippen molar-refractivity contribution in [3.05, 3.63) is 92.7 Å². The van der Waals surface area contributed by atoms with E-state index in [0.29, 0.717) is 17.9 Å². The van der Waals surface area contributed by atoms with Crippen LogP contribution in [0.1, 0.15) is 33.2 Å². The Balaban J connectivity index is 1.89. The van der Waals surface area contributed by atoms with Gasteiger partial charge < -0.3 is 14.7 Å². The van der Waals surface area contributed by atoms with E-state index >= 15 is 0 Å². The number of rotatable bonds is 5. The van der Waals surface area contributed by atoms with Crippen molar-refractivity contribution < 1.29 is 19.4 Å². The second-order valence-electron chi connectivity index (χ2n) is 7.60. The molecule has 1 fully saturated rings. The molecule has 4 rings (SSSR count). The van der Waals surface area contributed by atoms with Gasteiger partial charge in [0.05, 0.1) is 25.3 Å². The fraction of sp³-hybridized carbons (Fsp3) is 0.200. The van der Waals surface area contributed by atoms with Crippen LogP contribution >= 0.6 is 11.3 Å². The number of thiophene rings is 1. The smallest absolute Gasteiger partial charge is 0.295 e. The molecule has 3 aromatic rings. The zero-order valence-corrected chi connectivity index (χ0v) is 18.4. The molecule has 2 heterocycles. The third-order valence-corrected chi connectivity index (χ3v) is 6.39. The SMILES string of the molecule is COc1ccc(C2/C(=C(\O)c3cc(C)ccc3C)C(=O)C(=O)N2Cc2cccs2)cc1. The number of hydrogen-bond donors (Lipinski definition) is 1. The minimum Gasteiger partial charge on any atom is -0.507 e. The van der Waals surface area contributed by atoms with E-state index in [0.717, 1.165) is 21.6 Å². The summed E-state index contributed by atoms with van der Waals surface area (Å²) in [6.07, 6.45) is 0. The predicted octanol–water partition coefficient (Wildman–Crippen LogP) is 5.00. The van der Waals surface area contributed by atoms with Gasteiger partial charge >= 0.3 is 0 Å². The maximum absolute atomic E-state index is 13.1.